The third kappa shape index (κ3) is 4.49. The summed E-state index contributed by atoms with van der Waals surface area (Å²) in [5, 5.41) is 0.773. The third-order valence-electron chi connectivity index (χ3n) is 3.32. The highest BCUT2D eigenvalue weighted by atomic mass is 35.5. The van der Waals surface area contributed by atoms with Gasteiger partial charge in [0.05, 0.1) is 21.0 Å². The predicted molar refractivity (Wildman–Crippen MR) is 89.3 cm³/mol. The van der Waals surface area contributed by atoms with Gasteiger partial charge in [-0.2, -0.15) is 0 Å². The van der Waals surface area contributed by atoms with E-state index in [4.69, 9.17) is 32.7 Å². The Morgan fingerprint density at radius 1 is 1.30 bits per heavy atom. The number of esters is 2. The first-order valence-corrected chi connectivity index (χ1v) is 7.95. The Balaban J connectivity index is 2.15. The number of rotatable bonds is 3. The van der Waals surface area contributed by atoms with Crippen LogP contribution in [0.1, 0.15) is 26.3 Å². The highest BCUT2D eigenvalue weighted by Gasteiger charge is 2.27. The fourth-order valence-electron chi connectivity index (χ4n) is 1.99. The monoisotopic (exact) mass is 356 g/mol. The maximum absolute atomic E-state index is 12.0. The molecule has 0 aromatic heterocycles. The van der Waals surface area contributed by atoms with Crippen molar-refractivity contribution in [3.8, 4) is 0 Å². The minimum atomic E-state index is -0.568. The van der Waals surface area contributed by atoms with Gasteiger partial charge in [-0.25, -0.2) is 4.79 Å². The van der Waals surface area contributed by atoms with Crippen LogP contribution in [0, 0.1) is 11.3 Å². The van der Waals surface area contributed by atoms with Crippen molar-refractivity contribution < 1.29 is 19.1 Å². The normalized spacial score (nSPS) is 18.2. The molecular weight excluding hydrogens is 339 g/mol. The fraction of sp³-hybridized carbons (Fsp3) is 0.412. The molecule has 0 spiro atoms. The minimum Gasteiger partial charge on any atom is -0.465 e. The Hall–Kier alpha value is -1.52. The average molecular weight is 357 g/mol. The number of halogens is 2. The van der Waals surface area contributed by atoms with Gasteiger partial charge in [-0.1, -0.05) is 35.3 Å². The maximum atomic E-state index is 12.0. The SMILES string of the molecule is CC(C)(C)C(=O)OCC1C=C(c2ccc(Cl)c(Cl)c2)C(=O)OC1. The average Bonchev–Trinajstić information content (AvgIpc) is 2.48. The number of cyclic esters (lactones) is 1. The zero-order valence-electron chi connectivity index (χ0n) is 13.2. The molecular formula is C17H18Cl2O4. The number of carbonyl (C=O) groups is 2. The van der Waals surface area contributed by atoms with E-state index >= 15 is 0 Å². The molecule has 0 saturated heterocycles. The van der Waals surface area contributed by atoms with Crippen molar-refractivity contribution in [2.24, 2.45) is 11.3 Å². The summed E-state index contributed by atoms with van der Waals surface area (Å²) in [6, 6.07) is 4.93. The number of benzene rings is 1. The highest BCUT2D eigenvalue weighted by molar-refractivity contribution is 6.42. The van der Waals surface area contributed by atoms with E-state index in [1.54, 1.807) is 45.0 Å². The third-order valence-corrected chi connectivity index (χ3v) is 4.06. The number of ether oxygens (including phenoxy) is 2. The van der Waals surface area contributed by atoms with Gasteiger partial charge in [0.15, 0.2) is 0 Å². The second-order valence-electron chi connectivity index (χ2n) is 6.42. The summed E-state index contributed by atoms with van der Waals surface area (Å²) in [6.07, 6.45) is 1.75. The lowest BCUT2D eigenvalue weighted by atomic mass is 9.96. The molecule has 2 rings (SSSR count). The zero-order valence-corrected chi connectivity index (χ0v) is 14.7. The van der Waals surface area contributed by atoms with Crippen LogP contribution in [-0.4, -0.2) is 25.2 Å². The molecule has 6 heteroatoms. The lowest BCUT2D eigenvalue weighted by Crippen LogP contribution is -2.29. The van der Waals surface area contributed by atoms with Crippen LogP contribution in [0.25, 0.3) is 5.57 Å². The maximum Gasteiger partial charge on any atom is 0.338 e. The lowest BCUT2D eigenvalue weighted by Gasteiger charge is -2.23. The molecule has 0 N–H and O–H groups in total. The standard InChI is InChI=1S/C17H18Cl2O4/c1-17(2,3)16(21)23-9-10-6-12(15(20)22-8-10)11-4-5-13(18)14(19)7-11/h4-7,10H,8-9H2,1-3H3. The van der Waals surface area contributed by atoms with Crippen molar-refractivity contribution >= 4 is 40.7 Å². The highest BCUT2D eigenvalue weighted by Crippen LogP contribution is 2.29. The molecule has 1 aliphatic rings. The van der Waals surface area contributed by atoms with E-state index in [-0.39, 0.29) is 25.1 Å². The summed E-state index contributed by atoms with van der Waals surface area (Å²) in [5.74, 6) is -0.913. The van der Waals surface area contributed by atoms with Crippen LogP contribution in [0.3, 0.4) is 0 Å². The van der Waals surface area contributed by atoms with E-state index in [1.165, 1.54) is 0 Å². The first-order chi connectivity index (χ1) is 10.7. The molecule has 4 nitrogen and oxygen atoms in total. The summed E-state index contributed by atoms with van der Waals surface area (Å²) < 4.78 is 10.5. The van der Waals surface area contributed by atoms with Crippen molar-refractivity contribution in [1.82, 2.24) is 0 Å². The van der Waals surface area contributed by atoms with Crippen molar-refractivity contribution in [2.45, 2.75) is 20.8 Å². The van der Waals surface area contributed by atoms with Crippen LogP contribution >= 0.6 is 23.2 Å². The van der Waals surface area contributed by atoms with E-state index in [0.717, 1.165) is 0 Å². The Morgan fingerprint density at radius 3 is 2.61 bits per heavy atom. The molecule has 23 heavy (non-hydrogen) atoms. The zero-order chi connectivity index (χ0) is 17.2. The van der Waals surface area contributed by atoms with Crippen molar-refractivity contribution in [3.05, 3.63) is 39.9 Å². The van der Waals surface area contributed by atoms with Gasteiger partial charge >= 0.3 is 11.9 Å². The molecule has 124 valence electrons. The fourth-order valence-corrected chi connectivity index (χ4v) is 2.28. The van der Waals surface area contributed by atoms with E-state index in [0.29, 0.717) is 21.2 Å². The molecule has 1 aromatic rings. The lowest BCUT2D eigenvalue weighted by molar-refractivity contribution is -0.154. The summed E-state index contributed by atoms with van der Waals surface area (Å²) in [5.41, 5.74) is 0.449. The van der Waals surface area contributed by atoms with Crippen LogP contribution in [0.5, 0.6) is 0 Å². The summed E-state index contributed by atoms with van der Waals surface area (Å²) in [7, 11) is 0. The van der Waals surface area contributed by atoms with Gasteiger partial charge in [-0.05, 0) is 38.5 Å². The summed E-state index contributed by atoms with van der Waals surface area (Å²) in [4.78, 5) is 23.8. The quantitative estimate of drug-likeness (QED) is 0.763. The summed E-state index contributed by atoms with van der Waals surface area (Å²) >= 11 is 11.9. The second-order valence-corrected chi connectivity index (χ2v) is 7.23. The molecule has 0 radical (unpaired) electrons. The van der Waals surface area contributed by atoms with Gasteiger partial charge in [0.25, 0.3) is 0 Å². The molecule has 1 aromatic carbocycles. The van der Waals surface area contributed by atoms with Gasteiger partial charge in [0, 0.05) is 5.92 Å². The van der Waals surface area contributed by atoms with Crippen LogP contribution < -0.4 is 0 Å². The molecule has 0 amide bonds. The largest absolute Gasteiger partial charge is 0.465 e. The second kappa shape index (κ2) is 6.93. The van der Waals surface area contributed by atoms with Crippen LogP contribution in [0.4, 0.5) is 0 Å². The minimum absolute atomic E-state index is 0.161. The topological polar surface area (TPSA) is 52.6 Å². The first-order valence-electron chi connectivity index (χ1n) is 7.20. The van der Waals surface area contributed by atoms with Gasteiger partial charge in [-0.3, -0.25) is 4.79 Å². The van der Waals surface area contributed by atoms with Crippen molar-refractivity contribution in [2.75, 3.05) is 13.2 Å². The number of hydrogen-bond acceptors (Lipinski definition) is 4. The van der Waals surface area contributed by atoms with Gasteiger partial charge < -0.3 is 9.47 Å². The van der Waals surface area contributed by atoms with Crippen molar-refractivity contribution in [3.63, 3.8) is 0 Å². The molecule has 0 saturated carbocycles. The molecule has 1 atom stereocenters. The van der Waals surface area contributed by atoms with E-state index in [2.05, 4.69) is 0 Å². The smallest absolute Gasteiger partial charge is 0.338 e. The van der Waals surface area contributed by atoms with Crippen LogP contribution in [-0.2, 0) is 19.1 Å². The number of carbonyl (C=O) groups excluding carboxylic acids is 2. The van der Waals surface area contributed by atoms with Gasteiger partial charge in [0.2, 0.25) is 0 Å². The molecule has 0 bridgehead atoms. The molecule has 0 aliphatic carbocycles. The molecule has 0 fully saturated rings. The molecule has 1 unspecified atom stereocenters. The van der Waals surface area contributed by atoms with E-state index in [9.17, 15) is 9.59 Å². The van der Waals surface area contributed by atoms with E-state index in [1.807, 2.05) is 0 Å². The Morgan fingerprint density at radius 2 is 2.00 bits per heavy atom. The molecule has 1 aliphatic heterocycles. The van der Waals surface area contributed by atoms with Crippen LogP contribution in [0.2, 0.25) is 10.0 Å². The molecule has 1 heterocycles. The Labute approximate surface area is 145 Å². The first kappa shape index (κ1) is 17.8. The van der Waals surface area contributed by atoms with Crippen molar-refractivity contribution in [1.29, 1.82) is 0 Å². The van der Waals surface area contributed by atoms with Gasteiger partial charge in [-0.15, -0.1) is 0 Å². The van der Waals surface area contributed by atoms with Crippen LogP contribution in [0.15, 0.2) is 24.3 Å². The predicted octanol–water partition coefficient (Wildman–Crippen LogP) is 4.14. The summed E-state index contributed by atoms with van der Waals surface area (Å²) in [6.45, 7) is 5.70. The Kier molecular flexibility index (Phi) is 5.37. The number of hydrogen-bond donors (Lipinski definition) is 0. The van der Waals surface area contributed by atoms with Gasteiger partial charge in [0.1, 0.15) is 13.2 Å². The van der Waals surface area contributed by atoms with E-state index < -0.39 is 11.4 Å². The Bertz CT molecular complexity index is 659.